The van der Waals surface area contributed by atoms with E-state index in [-0.39, 0.29) is 12.5 Å². The van der Waals surface area contributed by atoms with Gasteiger partial charge < -0.3 is 40.3 Å². The molecule has 0 spiro atoms. The highest BCUT2D eigenvalue weighted by atomic mass is 16.7. The van der Waals surface area contributed by atoms with Gasteiger partial charge in [0.05, 0.1) is 25.4 Å². The van der Waals surface area contributed by atoms with Gasteiger partial charge in [-0.05, 0) is 70.6 Å². The number of hydrogen-bond acceptors (Lipinski definition) is 8. The first-order valence-corrected chi connectivity index (χ1v) is 42.2. The van der Waals surface area contributed by atoms with E-state index in [9.17, 15) is 30.3 Å². The second-order valence-corrected chi connectivity index (χ2v) is 29.2. The van der Waals surface area contributed by atoms with Crippen molar-refractivity contribution in [2.45, 2.75) is 461 Å². The molecule has 96 heavy (non-hydrogen) atoms. The van der Waals surface area contributed by atoms with E-state index >= 15 is 0 Å². The average molecular weight is 1350 g/mol. The van der Waals surface area contributed by atoms with Gasteiger partial charge in [-0.25, -0.2) is 0 Å². The second-order valence-electron chi connectivity index (χ2n) is 29.2. The van der Waals surface area contributed by atoms with Gasteiger partial charge in [0.1, 0.15) is 24.4 Å². The summed E-state index contributed by atoms with van der Waals surface area (Å²) in [6.45, 7) is 3.71. The number of nitrogens with one attached hydrogen (secondary N) is 1. The van der Waals surface area contributed by atoms with Gasteiger partial charge in [-0.2, -0.15) is 0 Å². The maximum atomic E-state index is 13.2. The molecule has 1 saturated heterocycles. The summed E-state index contributed by atoms with van der Waals surface area (Å²) in [6, 6.07) is -0.824. The van der Waals surface area contributed by atoms with Crippen LogP contribution in [0.4, 0.5) is 0 Å². The molecule has 9 nitrogen and oxygen atoms in total. The molecule has 1 amide bonds. The van der Waals surface area contributed by atoms with Crippen LogP contribution in [-0.2, 0) is 14.3 Å². The van der Waals surface area contributed by atoms with Gasteiger partial charge in [0, 0.05) is 6.42 Å². The summed E-state index contributed by atoms with van der Waals surface area (Å²) in [4.78, 5) is 13.2. The predicted octanol–water partition coefficient (Wildman–Crippen LogP) is 24.6. The van der Waals surface area contributed by atoms with E-state index in [1.807, 2.05) is 6.08 Å². The summed E-state index contributed by atoms with van der Waals surface area (Å²) in [6.07, 6.45) is 101. The van der Waals surface area contributed by atoms with Crippen LogP contribution in [0.25, 0.3) is 0 Å². The fourth-order valence-corrected chi connectivity index (χ4v) is 13.5. The highest BCUT2D eigenvalue weighted by molar-refractivity contribution is 5.76. The van der Waals surface area contributed by atoms with Crippen molar-refractivity contribution >= 4 is 5.91 Å². The first-order chi connectivity index (χ1) is 47.3. The molecule has 0 radical (unpaired) electrons. The van der Waals surface area contributed by atoms with Gasteiger partial charge in [0.2, 0.25) is 5.91 Å². The van der Waals surface area contributed by atoms with E-state index in [2.05, 4.69) is 79.9 Å². The zero-order valence-corrected chi connectivity index (χ0v) is 63.4. The number of carbonyl (C=O) groups excluding carboxylic acids is 1. The van der Waals surface area contributed by atoms with E-state index in [1.54, 1.807) is 6.08 Å². The van der Waals surface area contributed by atoms with Crippen LogP contribution in [0.1, 0.15) is 418 Å². The van der Waals surface area contributed by atoms with Crippen LogP contribution < -0.4 is 5.32 Å². The van der Waals surface area contributed by atoms with Crippen molar-refractivity contribution in [3.8, 4) is 0 Å². The second kappa shape index (κ2) is 75.3. The number of allylic oxidation sites excluding steroid dienone is 11. The molecule has 6 N–H and O–H groups in total. The minimum Gasteiger partial charge on any atom is -0.394 e. The molecule has 0 bridgehead atoms. The Morgan fingerprint density at radius 1 is 0.365 bits per heavy atom. The quantitative estimate of drug-likeness (QED) is 0.0261. The summed E-state index contributed by atoms with van der Waals surface area (Å²) in [5.41, 5.74) is 0. The Bertz CT molecular complexity index is 1760. The maximum Gasteiger partial charge on any atom is 0.220 e. The normalized spacial score (nSPS) is 17.8. The molecule has 1 heterocycles. The highest BCUT2D eigenvalue weighted by Gasteiger charge is 2.44. The smallest absolute Gasteiger partial charge is 0.220 e. The van der Waals surface area contributed by atoms with Crippen LogP contribution in [-0.4, -0.2) is 87.5 Å². The van der Waals surface area contributed by atoms with Gasteiger partial charge in [0.15, 0.2) is 6.29 Å². The molecule has 1 aliphatic rings. The molecule has 0 aromatic carbocycles. The summed E-state index contributed by atoms with van der Waals surface area (Å²) < 4.78 is 11.3. The standard InChI is InChI=1S/C87H161NO8/c1-3-5-7-9-11-13-15-17-19-21-23-25-27-29-31-33-35-37-38-39-40-41-42-43-44-45-47-49-51-53-55-57-59-61-63-65-67-69-71-73-75-77-83(91)88-80(79-95-87-86(94)85(93)84(92)82(78-89)96-87)81(90)76-74-72-70-68-66-64-62-60-58-56-54-52-50-48-46-36-34-32-30-28-26-24-22-20-18-16-14-12-10-8-6-4-2/h5,7,11,13,17,19,23,25,66,68,74,76,80-82,84-87,89-90,92-94H,3-4,6,8-10,12,14-16,18,20-22,24,26-65,67,69-73,75,77-79H2,1-2H3,(H,88,91)/b7-5-,13-11-,19-17-,25-23-,68-66+,76-74+. The molecule has 1 rings (SSSR count). The number of carbonyl (C=O) groups is 1. The SMILES string of the molecule is CC/C=C\C/C=C\C/C=C\C/C=C\CCCCCCCCCCCCCCCCCCCCCCCCCCCCCCC(=O)NC(COC1OC(CO)C(O)C(O)C1O)C(O)/C=C/CC/C=C/CCCCCCCCCCCCCCCCCCCCCCCCCCCC. The Morgan fingerprint density at radius 3 is 1.00 bits per heavy atom. The van der Waals surface area contributed by atoms with Crippen molar-refractivity contribution in [2.75, 3.05) is 13.2 Å². The largest absolute Gasteiger partial charge is 0.394 e. The zero-order valence-electron chi connectivity index (χ0n) is 63.4. The highest BCUT2D eigenvalue weighted by Crippen LogP contribution is 2.24. The first-order valence-electron chi connectivity index (χ1n) is 42.2. The third kappa shape index (κ3) is 62.6. The lowest BCUT2D eigenvalue weighted by molar-refractivity contribution is -0.302. The third-order valence-corrected chi connectivity index (χ3v) is 20.0. The van der Waals surface area contributed by atoms with Crippen LogP contribution in [0, 0.1) is 0 Å². The first kappa shape index (κ1) is 91.6. The Labute approximate surface area is 595 Å². The lowest BCUT2D eigenvalue weighted by Crippen LogP contribution is -2.60. The van der Waals surface area contributed by atoms with Crippen molar-refractivity contribution in [3.05, 3.63) is 72.9 Å². The van der Waals surface area contributed by atoms with Gasteiger partial charge in [0.25, 0.3) is 0 Å². The molecule has 7 unspecified atom stereocenters. The fourth-order valence-electron chi connectivity index (χ4n) is 13.5. The van der Waals surface area contributed by atoms with Crippen LogP contribution in [0.2, 0.25) is 0 Å². The number of hydrogen-bond donors (Lipinski definition) is 6. The van der Waals surface area contributed by atoms with E-state index in [4.69, 9.17) is 9.47 Å². The molecule has 7 atom stereocenters. The molecule has 0 aromatic rings. The minimum atomic E-state index is -1.57. The lowest BCUT2D eigenvalue weighted by atomic mass is 9.99. The Balaban J connectivity index is 2.04. The topological polar surface area (TPSA) is 149 Å². The van der Waals surface area contributed by atoms with E-state index in [0.29, 0.717) is 6.42 Å². The van der Waals surface area contributed by atoms with Gasteiger partial charge >= 0.3 is 0 Å². The molecule has 562 valence electrons. The lowest BCUT2D eigenvalue weighted by Gasteiger charge is -2.40. The van der Waals surface area contributed by atoms with Crippen molar-refractivity contribution in [1.29, 1.82) is 0 Å². The molecule has 9 heteroatoms. The summed E-state index contributed by atoms with van der Waals surface area (Å²) in [5, 5.41) is 54.9. The number of unbranched alkanes of at least 4 members (excludes halogenated alkanes) is 55. The number of aliphatic hydroxyl groups is 5. The van der Waals surface area contributed by atoms with Gasteiger partial charge in [-0.3, -0.25) is 4.79 Å². The number of amides is 1. The molecular formula is C87H161NO8. The summed E-state index contributed by atoms with van der Waals surface area (Å²) in [5.74, 6) is -0.178. The number of ether oxygens (including phenoxy) is 2. The fraction of sp³-hybridized carbons (Fsp3) is 0.851. The van der Waals surface area contributed by atoms with E-state index in [0.717, 1.165) is 64.2 Å². The van der Waals surface area contributed by atoms with Gasteiger partial charge in [-0.15, -0.1) is 0 Å². The van der Waals surface area contributed by atoms with E-state index < -0.39 is 49.5 Å². The Morgan fingerprint density at radius 2 is 0.656 bits per heavy atom. The van der Waals surface area contributed by atoms with Crippen LogP contribution >= 0.6 is 0 Å². The Hall–Kier alpha value is -2.37. The number of rotatable bonds is 75. The summed E-state index contributed by atoms with van der Waals surface area (Å²) >= 11 is 0. The average Bonchev–Trinajstić information content (AvgIpc) is 0.840. The maximum absolute atomic E-state index is 13.2. The van der Waals surface area contributed by atoms with Crippen LogP contribution in [0.3, 0.4) is 0 Å². The van der Waals surface area contributed by atoms with Crippen molar-refractivity contribution < 1.29 is 39.8 Å². The Kier molecular flexibility index (Phi) is 71.9. The monoisotopic (exact) mass is 1350 g/mol. The van der Waals surface area contributed by atoms with Crippen molar-refractivity contribution in [2.24, 2.45) is 0 Å². The van der Waals surface area contributed by atoms with Crippen molar-refractivity contribution in [3.63, 3.8) is 0 Å². The zero-order chi connectivity index (χ0) is 69.2. The van der Waals surface area contributed by atoms with Crippen LogP contribution in [0.5, 0.6) is 0 Å². The molecule has 1 fully saturated rings. The summed E-state index contributed by atoms with van der Waals surface area (Å²) in [7, 11) is 0. The molecule has 1 aliphatic heterocycles. The van der Waals surface area contributed by atoms with E-state index in [1.165, 1.54) is 334 Å². The van der Waals surface area contributed by atoms with Crippen LogP contribution in [0.15, 0.2) is 72.9 Å². The number of aliphatic hydroxyl groups excluding tert-OH is 5. The molecular weight excluding hydrogens is 1190 g/mol. The molecule has 0 aliphatic carbocycles. The third-order valence-electron chi connectivity index (χ3n) is 20.0. The molecule has 0 saturated carbocycles. The predicted molar refractivity (Wildman–Crippen MR) is 415 cm³/mol. The minimum absolute atomic E-state index is 0.178. The molecule has 0 aromatic heterocycles. The van der Waals surface area contributed by atoms with Crippen molar-refractivity contribution in [1.82, 2.24) is 5.32 Å². The van der Waals surface area contributed by atoms with Gasteiger partial charge in [-0.1, -0.05) is 414 Å².